The molecule has 0 aromatic heterocycles. The summed E-state index contributed by atoms with van der Waals surface area (Å²) in [5, 5.41) is 3.30. The Bertz CT molecular complexity index is 413. The number of hydrogen-bond donors (Lipinski definition) is 2. The Labute approximate surface area is 126 Å². The van der Waals surface area contributed by atoms with E-state index in [0.717, 1.165) is 31.7 Å². The molecule has 0 aliphatic heterocycles. The molecule has 0 atom stereocenters. The van der Waals surface area contributed by atoms with Crippen LogP contribution < -0.4 is 20.5 Å². The number of unbranched alkanes of at least 4 members (excludes halogenated alkanes) is 1. The lowest BCUT2D eigenvalue weighted by molar-refractivity contribution is 0.0691. The van der Waals surface area contributed by atoms with Crippen LogP contribution in [-0.2, 0) is 9.47 Å². The molecule has 1 aromatic carbocycles. The van der Waals surface area contributed by atoms with Gasteiger partial charge in [-0.15, -0.1) is 0 Å². The highest BCUT2D eigenvalue weighted by Gasteiger charge is 2.08. The molecule has 0 aliphatic rings. The van der Waals surface area contributed by atoms with Crippen molar-refractivity contribution in [2.75, 3.05) is 58.7 Å². The maximum atomic E-state index is 5.98. The van der Waals surface area contributed by atoms with Crippen LogP contribution in [0.3, 0.4) is 0 Å². The number of ether oxygens (including phenoxy) is 4. The van der Waals surface area contributed by atoms with Gasteiger partial charge < -0.3 is 30.0 Å². The van der Waals surface area contributed by atoms with Gasteiger partial charge in [0.25, 0.3) is 0 Å². The predicted octanol–water partition coefficient (Wildman–Crippen LogP) is 2.14. The van der Waals surface area contributed by atoms with E-state index in [9.17, 15) is 0 Å². The second-order valence-corrected chi connectivity index (χ2v) is 4.53. The number of rotatable bonds is 11. The molecule has 0 amide bonds. The Morgan fingerprint density at radius 3 is 2.33 bits per heavy atom. The lowest BCUT2D eigenvalue weighted by Gasteiger charge is -2.14. The summed E-state index contributed by atoms with van der Waals surface area (Å²) in [7, 11) is 4.87. The Balaban J connectivity index is 2.32. The molecule has 1 rings (SSSR count). The fraction of sp³-hybridized carbons (Fsp3) is 0.600. The van der Waals surface area contributed by atoms with Crippen molar-refractivity contribution in [1.29, 1.82) is 0 Å². The van der Waals surface area contributed by atoms with Crippen LogP contribution in [0.15, 0.2) is 12.1 Å². The number of nitrogens with one attached hydrogen (secondary N) is 1. The highest BCUT2D eigenvalue weighted by Crippen LogP contribution is 2.34. The number of hydrogen-bond acceptors (Lipinski definition) is 6. The second-order valence-electron chi connectivity index (χ2n) is 4.53. The third-order valence-corrected chi connectivity index (χ3v) is 3.02. The molecule has 0 aliphatic carbocycles. The van der Waals surface area contributed by atoms with Crippen molar-refractivity contribution in [3.05, 3.63) is 12.1 Å². The summed E-state index contributed by atoms with van der Waals surface area (Å²) >= 11 is 0. The summed E-state index contributed by atoms with van der Waals surface area (Å²) in [5.41, 5.74) is 7.48. The molecular weight excluding hydrogens is 272 g/mol. The maximum Gasteiger partial charge on any atom is 0.162 e. The molecule has 0 saturated heterocycles. The predicted molar refractivity (Wildman–Crippen MR) is 84.4 cm³/mol. The molecule has 1 aromatic rings. The van der Waals surface area contributed by atoms with Crippen molar-refractivity contribution in [2.24, 2.45) is 0 Å². The Morgan fingerprint density at radius 2 is 1.67 bits per heavy atom. The van der Waals surface area contributed by atoms with E-state index < -0.39 is 0 Å². The van der Waals surface area contributed by atoms with E-state index in [-0.39, 0.29) is 0 Å². The van der Waals surface area contributed by atoms with Gasteiger partial charge in [-0.1, -0.05) is 0 Å². The first kappa shape index (κ1) is 17.4. The van der Waals surface area contributed by atoms with E-state index in [1.165, 1.54) is 0 Å². The summed E-state index contributed by atoms with van der Waals surface area (Å²) in [6.07, 6.45) is 1.99. The van der Waals surface area contributed by atoms with Crippen molar-refractivity contribution < 1.29 is 18.9 Å². The van der Waals surface area contributed by atoms with Gasteiger partial charge in [0.1, 0.15) is 0 Å². The van der Waals surface area contributed by atoms with Crippen molar-refractivity contribution >= 4 is 11.4 Å². The van der Waals surface area contributed by atoms with Crippen molar-refractivity contribution in [3.8, 4) is 11.5 Å². The molecule has 6 heteroatoms. The minimum absolute atomic E-state index is 0.632. The minimum Gasteiger partial charge on any atom is -0.493 e. The third kappa shape index (κ3) is 6.10. The van der Waals surface area contributed by atoms with Gasteiger partial charge in [0.05, 0.1) is 38.8 Å². The Hall–Kier alpha value is -1.66. The fourth-order valence-electron chi connectivity index (χ4n) is 1.84. The summed E-state index contributed by atoms with van der Waals surface area (Å²) in [5.74, 6) is 1.30. The van der Waals surface area contributed by atoms with Gasteiger partial charge in [-0.3, -0.25) is 0 Å². The molecule has 0 bridgehead atoms. The van der Waals surface area contributed by atoms with Crippen LogP contribution in [-0.4, -0.2) is 47.7 Å². The standard InChI is InChI=1S/C15H26N2O4/c1-18-8-9-21-7-5-4-6-17-13-11-15(20-3)14(19-2)10-12(13)16/h10-11,17H,4-9,16H2,1-3H3. The molecule has 0 fully saturated rings. The van der Waals surface area contributed by atoms with Gasteiger partial charge >= 0.3 is 0 Å². The second kappa shape index (κ2) is 10.1. The highest BCUT2D eigenvalue weighted by atomic mass is 16.5. The van der Waals surface area contributed by atoms with Crippen molar-refractivity contribution in [1.82, 2.24) is 0 Å². The zero-order valence-electron chi connectivity index (χ0n) is 13.1. The number of anilines is 2. The first-order chi connectivity index (χ1) is 10.2. The van der Waals surface area contributed by atoms with Crippen molar-refractivity contribution in [2.45, 2.75) is 12.8 Å². The molecule has 0 saturated carbocycles. The van der Waals surface area contributed by atoms with Gasteiger partial charge in [0, 0.05) is 32.4 Å². The smallest absolute Gasteiger partial charge is 0.162 e. The van der Waals surface area contributed by atoms with Crippen LogP contribution in [0.25, 0.3) is 0 Å². The zero-order chi connectivity index (χ0) is 15.5. The van der Waals surface area contributed by atoms with Gasteiger partial charge in [-0.25, -0.2) is 0 Å². The first-order valence-electron chi connectivity index (χ1n) is 7.05. The van der Waals surface area contributed by atoms with Gasteiger partial charge in [-0.2, -0.15) is 0 Å². The summed E-state index contributed by atoms with van der Waals surface area (Å²) in [6, 6.07) is 3.61. The van der Waals surface area contributed by atoms with Crippen molar-refractivity contribution in [3.63, 3.8) is 0 Å². The van der Waals surface area contributed by atoms with Crippen LogP contribution >= 0.6 is 0 Å². The largest absolute Gasteiger partial charge is 0.493 e. The van der Waals surface area contributed by atoms with E-state index in [0.29, 0.717) is 30.4 Å². The maximum absolute atomic E-state index is 5.98. The minimum atomic E-state index is 0.632. The summed E-state index contributed by atoms with van der Waals surface area (Å²) in [4.78, 5) is 0. The van der Waals surface area contributed by atoms with Crippen LogP contribution in [0.4, 0.5) is 11.4 Å². The van der Waals surface area contributed by atoms with E-state index in [1.807, 2.05) is 6.07 Å². The zero-order valence-corrected chi connectivity index (χ0v) is 13.1. The number of methoxy groups -OCH3 is 3. The normalized spacial score (nSPS) is 10.4. The number of nitrogen functional groups attached to an aromatic ring is 1. The molecular formula is C15H26N2O4. The molecule has 0 unspecified atom stereocenters. The lowest BCUT2D eigenvalue weighted by Crippen LogP contribution is -2.07. The molecule has 21 heavy (non-hydrogen) atoms. The van der Waals surface area contributed by atoms with Gasteiger partial charge in [0.15, 0.2) is 11.5 Å². The number of benzene rings is 1. The van der Waals surface area contributed by atoms with Gasteiger partial charge in [-0.05, 0) is 12.8 Å². The highest BCUT2D eigenvalue weighted by molar-refractivity contribution is 5.71. The topological polar surface area (TPSA) is 75.0 Å². The van der Waals surface area contributed by atoms with Crippen LogP contribution in [0.5, 0.6) is 11.5 Å². The fourth-order valence-corrected chi connectivity index (χ4v) is 1.84. The van der Waals surface area contributed by atoms with E-state index >= 15 is 0 Å². The molecule has 3 N–H and O–H groups in total. The van der Waals surface area contributed by atoms with Crippen LogP contribution in [0.1, 0.15) is 12.8 Å². The molecule has 120 valence electrons. The Morgan fingerprint density at radius 1 is 0.952 bits per heavy atom. The van der Waals surface area contributed by atoms with E-state index in [4.69, 9.17) is 24.7 Å². The molecule has 0 heterocycles. The van der Waals surface area contributed by atoms with E-state index in [2.05, 4.69) is 5.32 Å². The van der Waals surface area contributed by atoms with Crippen LogP contribution in [0, 0.1) is 0 Å². The summed E-state index contributed by atoms with van der Waals surface area (Å²) < 4.78 is 20.8. The molecule has 0 radical (unpaired) electrons. The first-order valence-corrected chi connectivity index (χ1v) is 7.05. The summed E-state index contributed by atoms with van der Waals surface area (Å²) in [6.45, 7) is 2.85. The average Bonchev–Trinajstić information content (AvgIpc) is 2.50. The quantitative estimate of drug-likeness (QED) is 0.481. The SMILES string of the molecule is COCCOCCCCNc1cc(OC)c(OC)cc1N. The van der Waals surface area contributed by atoms with Gasteiger partial charge in [0.2, 0.25) is 0 Å². The lowest BCUT2D eigenvalue weighted by atomic mass is 10.2. The average molecular weight is 298 g/mol. The third-order valence-electron chi connectivity index (χ3n) is 3.02. The molecule has 0 spiro atoms. The van der Waals surface area contributed by atoms with E-state index in [1.54, 1.807) is 27.4 Å². The Kier molecular flexibility index (Phi) is 8.38. The number of nitrogens with two attached hydrogens (primary N) is 1. The molecule has 6 nitrogen and oxygen atoms in total. The van der Waals surface area contributed by atoms with Crippen LogP contribution in [0.2, 0.25) is 0 Å². The monoisotopic (exact) mass is 298 g/mol.